The third-order valence-corrected chi connectivity index (χ3v) is 12.0. The zero-order valence-corrected chi connectivity index (χ0v) is 30.2. The maximum Gasteiger partial charge on any atom is 0.238 e. The first kappa shape index (κ1) is 32.5. The lowest BCUT2D eigenvalue weighted by molar-refractivity contribution is -0.138. The molecule has 1 saturated carbocycles. The lowest BCUT2D eigenvalue weighted by Gasteiger charge is -2.48. The number of pyridine rings is 2. The first-order valence-corrected chi connectivity index (χ1v) is 19.1. The molecule has 6 heterocycles. The van der Waals surface area contributed by atoms with Crippen molar-refractivity contribution in [2.75, 3.05) is 36.4 Å². The first-order valence-electron chi connectivity index (χ1n) is 17.6. The molecule has 3 aliphatic heterocycles. The number of likely N-dealkylation sites (tertiary alicyclic amines) is 2. The summed E-state index contributed by atoms with van der Waals surface area (Å²) in [5, 5.41) is 3.20. The van der Waals surface area contributed by atoms with Crippen molar-refractivity contribution in [3.05, 3.63) is 60.4 Å². The maximum atomic E-state index is 14.7. The fraction of sp³-hybridized carbons (Fsp3) is 0.486. The van der Waals surface area contributed by atoms with E-state index in [-0.39, 0.29) is 29.5 Å². The van der Waals surface area contributed by atoms with Crippen LogP contribution in [0.15, 0.2) is 49.1 Å². The number of alkyl halides is 1. The minimum atomic E-state index is -0.639. The van der Waals surface area contributed by atoms with Gasteiger partial charge in [0.05, 0.1) is 39.4 Å². The number of hydrogen-bond acceptors (Lipinski definition) is 7. The Morgan fingerprint density at radius 3 is 2.55 bits per heavy atom. The molecule has 2 amide bonds. The molecule has 0 unspecified atom stereocenters. The standard InChI is InChI=1S/C37H42FIN8O2/c1-23(2)35(48)45-14-9-37(10-15-45)27-7-6-24(16-32(27)47(36(37)49)26-17-25(18-26)44-12-4-3-5-13-44)30-19-31-33(46(21-39)22-41-31)34(43-30)42-29-8-11-40-20-28(29)38/h6-8,11,16,19-20,22-23,25-26H,3-5,9-10,12-15,17-18,21H2,1-2H3,(H,40,42,43). The molecule has 3 fully saturated rings. The molecule has 8 rings (SSSR count). The SMILES string of the molecule is CC(C)C(=O)N1CCC2(CC1)C(=O)N(C1CC(N3CCCCC3)C1)c1cc(-c3cc4ncn(CI)c4c(Nc4ccncc4F)n3)ccc12. The van der Waals surface area contributed by atoms with Crippen LogP contribution in [0.25, 0.3) is 22.3 Å². The van der Waals surface area contributed by atoms with Gasteiger partial charge in [0, 0.05) is 48.5 Å². The number of hydrogen-bond donors (Lipinski definition) is 1. The number of carbonyl (C=O) groups is 2. The van der Waals surface area contributed by atoms with Crippen LogP contribution in [0, 0.1) is 11.7 Å². The van der Waals surface area contributed by atoms with Gasteiger partial charge >= 0.3 is 0 Å². The van der Waals surface area contributed by atoms with Gasteiger partial charge in [-0.1, -0.05) is 55.0 Å². The van der Waals surface area contributed by atoms with Crippen molar-refractivity contribution in [3.8, 4) is 11.3 Å². The fourth-order valence-electron chi connectivity index (χ4n) is 8.45. The predicted octanol–water partition coefficient (Wildman–Crippen LogP) is 6.65. The molecule has 1 aliphatic carbocycles. The highest BCUT2D eigenvalue weighted by Crippen LogP contribution is 2.52. The third kappa shape index (κ3) is 5.58. The van der Waals surface area contributed by atoms with Gasteiger partial charge in [0.1, 0.15) is 5.52 Å². The molecule has 4 aromatic rings. The molecule has 256 valence electrons. The molecule has 12 heteroatoms. The minimum absolute atomic E-state index is 0.0658. The van der Waals surface area contributed by atoms with E-state index in [1.807, 2.05) is 29.4 Å². The number of halogens is 2. The predicted molar refractivity (Wildman–Crippen MR) is 197 cm³/mol. The summed E-state index contributed by atoms with van der Waals surface area (Å²) in [7, 11) is 0. The van der Waals surface area contributed by atoms with Crippen LogP contribution >= 0.6 is 22.6 Å². The Morgan fingerprint density at radius 1 is 1.06 bits per heavy atom. The topological polar surface area (TPSA) is 99.5 Å². The van der Waals surface area contributed by atoms with Crippen LogP contribution in [0.3, 0.4) is 0 Å². The number of piperidine rings is 2. The summed E-state index contributed by atoms with van der Waals surface area (Å²) >= 11 is 2.27. The van der Waals surface area contributed by atoms with Crippen molar-refractivity contribution in [2.45, 2.75) is 80.8 Å². The molecule has 2 saturated heterocycles. The van der Waals surface area contributed by atoms with Crippen molar-refractivity contribution >= 4 is 62.6 Å². The van der Waals surface area contributed by atoms with Gasteiger partial charge in [-0.25, -0.2) is 14.4 Å². The normalized spacial score (nSPS) is 22.2. The van der Waals surface area contributed by atoms with Crippen molar-refractivity contribution in [1.29, 1.82) is 0 Å². The fourth-order valence-corrected chi connectivity index (χ4v) is 8.96. The van der Waals surface area contributed by atoms with Crippen LogP contribution in [0.2, 0.25) is 0 Å². The van der Waals surface area contributed by atoms with E-state index in [1.165, 1.54) is 25.5 Å². The van der Waals surface area contributed by atoms with Crippen LogP contribution in [-0.4, -0.2) is 79.4 Å². The second-order valence-electron chi connectivity index (χ2n) is 14.4. The summed E-state index contributed by atoms with van der Waals surface area (Å²) in [5.41, 5.74) is 4.76. The van der Waals surface area contributed by atoms with Gasteiger partial charge in [-0.05, 0) is 75.4 Å². The summed E-state index contributed by atoms with van der Waals surface area (Å²) in [6.07, 6.45) is 11.5. The summed E-state index contributed by atoms with van der Waals surface area (Å²) in [4.78, 5) is 47.9. The van der Waals surface area contributed by atoms with E-state index in [4.69, 9.17) is 4.98 Å². The molecule has 1 aromatic carbocycles. The minimum Gasteiger partial charge on any atom is -0.342 e. The molecule has 4 aliphatic rings. The van der Waals surface area contributed by atoms with E-state index < -0.39 is 11.2 Å². The van der Waals surface area contributed by atoms with Gasteiger partial charge in [0.15, 0.2) is 11.6 Å². The monoisotopic (exact) mass is 776 g/mol. The van der Waals surface area contributed by atoms with E-state index in [0.29, 0.717) is 48.0 Å². The number of anilines is 3. The Kier molecular flexibility index (Phi) is 8.58. The maximum absolute atomic E-state index is 14.7. The van der Waals surface area contributed by atoms with E-state index in [9.17, 15) is 14.0 Å². The molecule has 10 nitrogen and oxygen atoms in total. The molecule has 49 heavy (non-hydrogen) atoms. The van der Waals surface area contributed by atoms with Crippen LogP contribution in [0.5, 0.6) is 0 Å². The summed E-state index contributed by atoms with van der Waals surface area (Å²) in [6.45, 7) is 7.34. The lowest BCUT2D eigenvalue weighted by Crippen LogP contribution is -2.58. The number of imidazole rings is 1. The van der Waals surface area contributed by atoms with Crippen molar-refractivity contribution in [2.24, 2.45) is 5.92 Å². The van der Waals surface area contributed by atoms with Crippen LogP contribution in [-0.2, 0) is 19.6 Å². The third-order valence-electron chi connectivity index (χ3n) is 11.2. The Hall–Kier alpha value is -3.65. The van der Waals surface area contributed by atoms with Gasteiger partial charge in [-0.15, -0.1) is 0 Å². The molecular weight excluding hydrogens is 734 g/mol. The highest BCUT2D eigenvalue weighted by molar-refractivity contribution is 14.1. The second kappa shape index (κ2) is 12.9. The zero-order valence-electron chi connectivity index (χ0n) is 28.0. The number of nitrogens with zero attached hydrogens (tertiary/aromatic N) is 7. The van der Waals surface area contributed by atoms with Crippen molar-refractivity contribution in [1.82, 2.24) is 29.3 Å². The molecule has 1 spiro atoms. The first-order chi connectivity index (χ1) is 23.8. The average Bonchev–Trinajstić information content (AvgIpc) is 3.62. The molecule has 3 aromatic heterocycles. The molecule has 1 N–H and O–H groups in total. The number of aromatic nitrogens is 4. The Bertz CT molecular complexity index is 1910. The average molecular weight is 777 g/mol. The Labute approximate surface area is 299 Å². The number of carbonyl (C=O) groups excluding carboxylic acids is 2. The van der Waals surface area contributed by atoms with E-state index in [2.05, 4.69) is 65.9 Å². The van der Waals surface area contributed by atoms with E-state index in [0.717, 1.165) is 53.8 Å². The molecule has 0 radical (unpaired) electrons. The lowest BCUT2D eigenvalue weighted by atomic mass is 9.73. The van der Waals surface area contributed by atoms with Gasteiger partial charge in [-0.2, -0.15) is 0 Å². The number of rotatable bonds is 7. The van der Waals surface area contributed by atoms with Crippen LogP contribution in [0.4, 0.5) is 21.6 Å². The highest BCUT2D eigenvalue weighted by Gasteiger charge is 2.56. The quantitative estimate of drug-likeness (QED) is 0.166. The summed E-state index contributed by atoms with van der Waals surface area (Å²) < 4.78 is 17.4. The van der Waals surface area contributed by atoms with Gasteiger partial charge in [-0.3, -0.25) is 14.6 Å². The largest absolute Gasteiger partial charge is 0.342 e. The summed E-state index contributed by atoms with van der Waals surface area (Å²) in [6, 6.07) is 10.5. The van der Waals surface area contributed by atoms with Gasteiger partial charge in [0.25, 0.3) is 0 Å². The van der Waals surface area contributed by atoms with E-state index >= 15 is 0 Å². The number of benzene rings is 1. The summed E-state index contributed by atoms with van der Waals surface area (Å²) in [5.74, 6) is 0.299. The van der Waals surface area contributed by atoms with Crippen molar-refractivity contribution < 1.29 is 14.0 Å². The van der Waals surface area contributed by atoms with Crippen LogP contribution in [0.1, 0.15) is 64.4 Å². The molecule has 0 atom stereocenters. The van der Waals surface area contributed by atoms with E-state index in [1.54, 1.807) is 18.6 Å². The van der Waals surface area contributed by atoms with Gasteiger partial charge in [0.2, 0.25) is 11.8 Å². The smallest absolute Gasteiger partial charge is 0.238 e. The number of fused-ring (bicyclic) bond motifs is 3. The van der Waals surface area contributed by atoms with Gasteiger partial charge < -0.3 is 24.6 Å². The van der Waals surface area contributed by atoms with Crippen molar-refractivity contribution in [3.63, 3.8) is 0 Å². The number of amides is 2. The Morgan fingerprint density at radius 2 is 1.84 bits per heavy atom. The zero-order chi connectivity index (χ0) is 33.9. The number of nitrogens with one attached hydrogen (secondary N) is 1. The second-order valence-corrected chi connectivity index (χ2v) is 15.1. The molecule has 0 bridgehead atoms. The van der Waals surface area contributed by atoms with Crippen LogP contribution < -0.4 is 10.2 Å². The Balaban J connectivity index is 1.17. The molecular formula is C37H42FIN8O2. The highest BCUT2D eigenvalue weighted by atomic mass is 127.